The summed E-state index contributed by atoms with van der Waals surface area (Å²) in [5, 5.41) is 3.14. The molecule has 0 bridgehead atoms. The first-order chi connectivity index (χ1) is 13.6. The molecule has 148 valence electrons. The number of carbonyl (C=O) groups is 2. The van der Waals surface area contributed by atoms with Crippen LogP contribution in [-0.2, 0) is 16.0 Å². The average molecular weight is 382 g/mol. The molecule has 1 aromatic heterocycles. The summed E-state index contributed by atoms with van der Waals surface area (Å²) in [6, 6.07) is 11.7. The molecule has 28 heavy (non-hydrogen) atoms. The van der Waals surface area contributed by atoms with Gasteiger partial charge in [0.2, 0.25) is 11.7 Å². The highest BCUT2D eigenvalue weighted by Gasteiger charge is 2.26. The predicted octanol–water partition coefficient (Wildman–Crippen LogP) is 2.23. The SMILES string of the molecule is COC(=O)c1nccc(N2CCC([C@@H](C)NC(=O)Cc3ccccc3)CC2)n1. The molecule has 1 saturated heterocycles. The number of nitrogens with one attached hydrogen (secondary N) is 1. The smallest absolute Gasteiger partial charge is 0.376 e. The third-order valence-corrected chi connectivity index (χ3v) is 5.18. The van der Waals surface area contributed by atoms with Gasteiger partial charge in [0.1, 0.15) is 5.82 Å². The van der Waals surface area contributed by atoms with E-state index in [2.05, 4.69) is 31.8 Å². The van der Waals surface area contributed by atoms with Gasteiger partial charge in [0.15, 0.2) is 0 Å². The quantitative estimate of drug-likeness (QED) is 0.772. The molecular weight excluding hydrogens is 356 g/mol. The molecule has 1 amide bonds. The number of aromatic nitrogens is 2. The number of benzene rings is 1. The third kappa shape index (κ3) is 5.06. The van der Waals surface area contributed by atoms with Gasteiger partial charge >= 0.3 is 5.97 Å². The molecule has 0 aliphatic carbocycles. The maximum absolute atomic E-state index is 12.3. The molecule has 2 heterocycles. The van der Waals surface area contributed by atoms with Gasteiger partial charge in [-0.2, -0.15) is 0 Å². The van der Waals surface area contributed by atoms with Crippen LogP contribution in [0.15, 0.2) is 42.6 Å². The minimum Gasteiger partial charge on any atom is -0.463 e. The van der Waals surface area contributed by atoms with Crippen molar-refractivity contribution in [3.05, 3.63) is 54.0 Å². The molecule has 7 heteroatoms. The monoisotopic (exact) mass is 382 g/mol. The lowest BCUT2D eigenvalue weighted by Gasteiger charge is -2.35. The lowest BCUT2D eigenvalue weighted by Crippen LogP contribution is -2.44. The first kappa shape index (κ1) is 19.8. The third-order valence-electron chi connectivity index (χ3n) is 5.18. The lowest BCUT2D eigenvalue weighted by atomic mass is 9.90. The number of anilines is 1. The fourth-order valence-corrected chi connectivity index (χ4v) is 3.55. The highest BCUT2D eigenvalue weighted by atomic mass is 16.5. The van der Waals surface area contributed by atoms with Crippen molar-refractivity contribution in [1.29, 1.82) is 0 Å². The van der Waals surface area contributed by atoms with E-state index in [1.54, 1.807) is 12.3 Å². The maximum Gasteiger partial charge on any atom is 0.376 e. The number of carbonyl (C=O) groups excluding carboxylic acids is 2. The highest BCUT2D eigenvalue weighted by Crippen LogP contribution is 2.24. The van der Waals surface area contributed by atoms with Crippen LogP contribution in [0, 0.1) is 5.92 Å². The van der Waals surface area contributed by atoms with Crippen LogP contribution in [0.2, 0.25) is 0 Å². The van der Waals surface area contributed by atoms with Crippen molar-refractivity contribution < 1.29 is 14.3 Å². The summed E-state index contributed by atoms with van der Waals surface area (Å²) >= 11 is 0. The zero-order valence-corrected chi connectivity index (χ0v) is 16.3. The number of methoxy groups -OCH3 is 1. The molecule has 1 aliphatic rings. The van der Waals surface area contributed by atoms with Crippen molar-refractivity contribution in [2.24, 2.45) is 5.92 Å². The van der Waals surface area contributed by atoms with Crippen molar-refractivity contribution in [1.82, 2.24) is 15.3 Å². The Morgan fingerprint density at radius 1 is 1.21 bits per heavy atom. The van der Waals surface area contributed by atoms with Crippen LogP contribution in [0.25, 0.3) is 0 Å². The Morgan fingerprint density at radius 3 is 2.61 bits per heavy atom. The number of esters is 1. The van der Waals surface area contributed by atoms with E-state index in [1.165, 1.54) is 7.11 Å². The Morgan fingerprint density at radius 2 is 1.93 bits per heavy atom. The molecule has 0 radical (unpaired) electrons. The Balaban J connectivity index is 1.50. The second kappa shape index (κ2) is 9.30. The normalized spacial score (nSPS) is 15.7. The van der Waals surface area contributed by atoms with Crippen molar-refractivity contribution in [3.8, 4) is 0 Å². The van der Waals surface area contributed by atoms with E-state index in [0.29, 0.717) is 12.3 Å². The standard InChI is InChI=1S/C21H26N4O3/c1-15(23-19(26)14-16-6-4-3-5-7-16)17-9-12-25(13-10-17)18-8-11-22-20(24-18)21(27)28-2/h3-8,11,15,17H,9-10,12-14H2,1-2H3,(H,23,26)/t15-/m1/s1. The van der Waals surface area contributed by atoms with Gasteiger partial charge in [-0.25, -0.2) is 14.8 Å². The molecule has 0 unspecified atom stereocenters. The summed E-state index contributed by atoms with van der Waals surface area (Å²) in [4.78, 5) is 34.3. The summed E-state index contributed by atoms with van der Waals surface area (Å²) in [5.74, 6) is 0.738. The zero-order chi connectivity index (χ0) is 19.9. The van der Waals surface area contributed by atoms with Gasteiger partial charge in [-0.15, -0.1) is 0 Å². The number of amides is 1. The molecule has 1 fully saturated rings. The molecule has 7 nitrogen and oxygen atoms in total. The molecule has 3 rings (SSSR count). The van der Waals surface area contributed by atoms with Crippen LogP contribution >= 0.6 is 0 Å². The summed E-state index contributed by atoms with van der Waals surface area (Å²) in [6.45, 7) is 3.71. The molecule has 0 spiro atoms. The Hall–Kier alpha value is -2.96. The molecule has 1 aliphatic heterocycles. The minimum absolute atomic E-state index is 0.0552. The van der Waals surface area contributed by atoms with Crippen molar-refractivity contribution in [3.63, 3.8) is 0 Å². The number of piperidine rings is 1. The van der Waals surface area contributed by atoms with Gasteiger partial charge < -0.3 is 15.0 Å². The first-order valence-corrected chi connectivity index (χ1v) is 9.56. The van der Waals surface area contributed by atoms with Gasteiger partial charge in [0, 0.05) is 25.3 Å². The van der Waals surface area contributed by atoms with Crippen LogP contribution in [0.3, 0.4) is 0 Å². The Labute approximate surface area is 165 Å². The number of rotatable bonds is 6. The molecule has 1 aromatic carbocycles. The molecular formula is C21H26N4O3. The molecule has 0 saturated carbocycles. The fraction of sp³-hybridized carbons (Fsp3) is 0.429. The largest absolute Gasteiger partial charge is 0.463 e. The van der Waals surface area contributed by atoms with Crippen LogP contribution in [0.1, 0.15) is 35.9 Å². The van der Waals surface area contributed by atoms with Gasteiger partial charge in [0.25, 0.3) is 0 Å². The van der Waals surface area contributed by atoms with E-state index in [-0.39, 0.29) is 17.8 Å². The van der Waals surface area contributed by atoms with Gasteiger partial charge in [0.05, 0.1) is 13.5 Å². The van der Waals surface area contributed by atoms with E-state index in [1.807, 2.05) is 30.3 Å². The van der Waals surface area contributed by atoms with Crippen LogP contribution in [0.5, 0.6) is 0 Å². The van der Waals surface area contributed by atoms with Gasteiger partial charge in [-0.3, -0.25) is 4.79 Å². The lowest BCUT2D eigenvalue weighted by molar-refractivity contribution is -0.121. The highest BCUT2D eigenvalue weighted by molar-refractivity contribution is 5.85. The second-order valence-electron chi connectivity index (χ2n) is 7.07. The molecule has 1 N–H and O–H groups in total. The molecule has 2 aromatic rings. The van der Waals surface area contributed by atoms with Gasteiger partial charge in [-0.1, -0.05) is 30.3 Å². The number of nitrogens with zero attached hydrogens (tertiary/aromatic N) is 3. The van der Waals surface area contributed by atoms with E-state index in [0.717, 1.165) is 37.3 Å². The Bertz CT molecular complexity index is 804. The van der Waals surface area contributed by atoms with E-state index >= 15 is 0 Å². The molecule has 1 atom stereocenters. The zero-order valence-electron chi connectivity index (χ0n) is 16.3. The van der Waals surface area contributed by atoms with E-state index < -0.39 is 5.97 Å². The van der Waals surface area contributed by atoms with E-state index in [9.17, 15) is 9.59 Å². The van der Waals surface area contributed by atoms with Crippen LogP contribution in [0.4, 0.5) is 5.82 Å². The number of ether oxygens (including phenoxy) is 1. The maximum atomic E-state index is 12.3. The fourth-order valence-electron chi connectivity index (χ4n) is 3.55. The van der Waals surface area contributed by atoms with Crippen LogP contribution < -0.4 is 10.2 Å². The summed E-state index contributed by atoms with van der Waals surface area (Å²) < 4.78 is 4.68. The van der Waals surface area contributed by atoms with Crippen molar-refractivity contribution >= 4 is 17.7 Å². The van der Waals surface area contributed by atoms with Gasteiger partial charge in [-0.05, 0) is 37.3 Å². The Kier molecular flexibility index (Phi) is 6.57. The van der Waals surface area contributed by atoms with Crippen LogP contribution in [-0.4, -0.2) is 48.1 Å². The number of hydrogen-bond acceptors (Lipinski definition) is 6. The topological polar surface area (TPSA) is 84.4 Å². The summed E-state index contributed by atoms with van der Waals surface area (Å²) in [7, 11) is 1.32. The summed E-state index contributed by atoms with van der Waals surface area (Å²) in [6.07, 6.45) is 3.88. The second-order valence-corrected chi connectivity index (χ2v) is 7.07. The summed E-state index contributed by atoms with van der Waals surface area (Å²) in [5.41, 5.74) is 1.02. The first-order valence-electron chi connectivity index (χ1n) is 9.56. The van der Waals surface area contributed by atoms with Crippen molar-refractivity contribution in [2.45, 2.75) is 32.2 Å². The number of hydrogen-bond donors (Lipinski definition) is 1. The minimum atomic E-state index is -0.536. The van der Waals surface area contributed by atoms with E-state index in [4.69, 9.17) is 0 Å². The van der Waals surface area contributed by atoms with Crippen molar-refractivity contribution in [2.75, 3.05) is 25.1 Å². The average Bonchev–Trinajstić information content (AvgIpc) is 2.74. The predicted molar refractivity (Wildman–Crippen MR) is 106 cm³/mol.